The Balaban J connectivity index is 1.55. The predicted octanol–water partition coefficient (Wildman–Crippen LogP) is 7.24. The van der Waals surface area contributed by atoms with Crippen molar-refractivity contribution in [3.63, 3.8) is 0 Å². The summed E-state index contributed by atoms with van der Waals surface area (Å²) in [5.41, 5.74) is 1.59. The Kier molecular flexibility index (Phi) is 5.03. The quantitative estimate of drug-likeness (QED) is 0.310. The Hall–Kier alpha value is -3.16. The number of anilines is 1. The molecule has 32 heavy (non-hydrogen) atoms. The van der Waals surface area contributed by atoms with E-state index in [9.17, 15) is 18.0 Å². The van der Waals surface area contributed by atoms with E-state index < -0.39 is 11.7 Å². The van der Waals surface area contributed by atoms with E-state index in [4.69, 9.17) is 11.6 Å². The van der Waals surface area contributed by atoms with E-state index in [2.05, 4.69) is 4.99 Å². The Morgan fingerprint density at radius 3 is 2.62 bits per heavy atom. The summed E-state index contributed by atoms with van der Waals surface area (Å²) in [7, 11) is 0. The second-order valence-corrected chi connectivity index (χ2v) is 8.67. The van der Waals surface area contributed by atoms with Crippen LogP contribution in [0.15, 0.2) is 77.1 Å². The van der Waals surface area contributed by atoms with Crippen LogP contribution < -0.4 is 4.90 Å². The molecule has 160 valence electrons. The van der Waals surface area contributed by atoms with E-state index in [1.165, 1.54) is 12.1 Å². The number of hydrogen-bond acceptors (Lipinski definition) is 3. The fraction of sp³-hybridized carbons (Fsp3) is 0.0833. The molecule has 0 unspecified atom stereocenters. The number of hydrogen-bond donors (Lipinski definition) is 0. The summed E-state index contributed by atoms with van der Waals surface area (Å²) in [6.07, 6.45) is -4.49. The molecule has 0 radical (unpaired) electrons. The molecule has 0 atom stereocenters. The van der Waals surface area contributed by atoms with E-state index in [1.54, 1.807) is 28.4 Å². The zero-order valence-corrected chi connectivity index (χ0v) is 17.9. The van der Waals surface area contributed by atoms with Crippen LogP contribution in [0.5, 0.6) is 0 Å². The van der Waals surface area contributed by atoms with Crippen molar-refractivity contribution in [2.45, 2.75) is 12.7 Å². The number of amides is 1. The highest BCUT2D eigenvalue weighted by Crippen LogP contribution is 2.36. The van der Waals surface area contributed by atoms with Gasteiger partial charge < -0.3 is 4.90 Å². The average molecular weight is 471 g/mol. The summed E-state index contributed by atoms with van der Waals surface area (Å²) < 4.78 is 40.3. The van der Waals surface area contributed by atoms with Crippen molar-refractivity contribution >= 4 is 56.0 Å². The van der Waals surface area contributed by atoms with Crippen LogP contribution in [-0.2, 0) is 17.5 Å². The number of carbonyl (C=O) groups excluding carboxylic acids is 1. The van der Waals surface area contributed by atoms with Gasteiger partial charge in [0, 0.05) is 15.3 Å². The number of alkyl halides is 3. The van der Waals surface area contributed by atoms with Crippen LogP contribution >= 0.6 is 22.9 Å². The molecule has 4 aromatic rings. The number of para-hydroxylation sites is 1. The van der Waals surface area contributed by atoms with Crippen LogP contribution in [0.25, 0.3) is 10.1 Å². The molecule has 0 spiro atoms. The zero-order valence-electron chi connectivity index (χ0n) is 16.4. The van der Waals surface area contributed by atoms with Crippen LogP contribution in [0.2, 0.25) is 5.02 Å². The van der Waals surface area contributed by atoms with Gasteiger partial charge in [0.1, 0.15) is 5.71 Å². The van der Waals surface area contributed by atoms with Crippen LogP contribution in [0, 0.1) is 0 Å². The SMILES string of the molecule is O=C1/C(=N\c2cccc(C(F)(F)F)c2)c2ccccc2N1Cc1csc2ccc(Cl)cc12. The summed E-state index contributed by atoms with van der Waals surface area (Å²) in [5.74, 6) is -0.356. The molecule has 3 aromatic carbocycles. The van der Waals surface area contributed by atoms with Gasteiger partial charge in [0.2, 0.25) is 0 Å². The monoisotopic (exact) mass is 470 g/mol. The minimum atomic E-state index is -4.49. The maximum atomic E-state index is 13.3. The fourth-order valence-electron chi connectivity index (χ4n) is 3.75. The van der Waals surface area contributed by atoms with Gasteiger partial charge in [-0.2, -0.15) is 13.2 Å². The molecule has 0 fully saturated rings. The fourth-order valence-corrected chi connectivity index (χ4v) is 4.86. The Labute approximate surface area is 190 Å². The number of carbonyl (C=O) groups is 1. The smallest absolute Gasteiger partial charge is 0.302 e. The predicted molar refractivity (Wildman–Crippen MR) is 122 cm³/mol. The Bertz CT molecular complexity index is 1390. The van der Waals surface area contributed by atoms with Gasteiger partial charge in [-0.15, -0.1) is 11.3 Å². The molecule has 1 aromatic heterocycles. The maximum absolute atomic E-state index is 13.3. The molecule has 0 saturated carbocycles. The minimum absolute atomic E-state index is 0.0765. The number of aliphatic imine (C=N–C) groups is 1. The second kappa shape index (κ2) is 7.76. The molecule has 3 nitrogen and oxygen atoms in total. The van der Waals surface area contributed by atoms with Gasteiger partial charge in [-0.3, -0.25) is 4.79 Å². The molecular formula is C24H14ClF3N2OS. The lowest BCUT2D eigenvalue weighted by atomic mass is 10.1. The summed E-state index contributed by atoms with van der Waals surface area (Å²) in [6.45, 7) is 0.303. The first-order valence-electron chi connectivity index (χ1n) is 9.64. The van der Waals surface area contributed by atoms with Gasteiger partial charge in [-0.25, -0.2) is 4.99 Å². The first-order chi connectivity index (χ1) is 15.3. The lowest BCUT2D eigenvalue weighted by molar-refractivity contribution is -0.137. The van der Waals surface area contributed by atoms with Crippen molar-refractivity contribution in [1.82, 2.24) is 0 Å². The van der Waals surface area contributed by atoms with Crippen LogP contribution in [-0.4, -0.2) is 11.6 Å². The first-order valence-corrected chi connectivity index (χ1v) is 10.9. The average Bonchev–Trinajstić information content (AvgIpc) is 3.28. The highest BCUT2D eigenvalue weighted by Gasteiger charge is 2.35. The molecule has 0 bridgehead atoms. The highest BCUT2D eigenvalue weighted by atomic mass is 35.5. The number of thiophene rings is 1. The number of nitrogens with zero attached hydrogens (tertiary/aromatic N) is 2. The first kappa shape index (κ1) is 20.7. The van der Waals surface area contributed by atoms with E-state index in [0.717, 1.165) is 27.8 Å². The molecule has 1 amide bonds. The third kappa shape index (κ3) is 3.67. The molecule has 1 aliphatic rings. The third-order valence-corrected chi connectivity index (χ3v) is 6.50. The summed E-state index contributed by atoms with van der Waals surface area (Å²) in [6, 6.07) is 17.4. The van der Waals surface area contributed by atoms with Gasteiger partial charge in [0.15, 0.2) is 0 Å². The highest BCUT2D eigenvalue weighted by molar-refractivity contribution is 7.17. The largest absolute Gasteiger partial charge is 0.416 e. The van der Waals surface area contributed by atoms with Crippen molar-refractivity contribution < 1.29 is 18.0 Å². The van der Waals surface area contributed by atoms with Crippen LogP contribution in [0.4, 0.5) is 24.5 Å². The van der Waals surface area contributed by atoms with E-state index in [0.29, 0.717) is 22.8 Å². The molecule has 8 heteroatoms. The number of fused-ring (bicyclic) bond motifs is 2. The van der Waals surface area contributed by atoms with Gasteiger partial charge in [-0.1, -0.05) is 35.9 Å². The molecule has 2 heterocycles. The second-order valence-electron chi connectivity index (χ2n) is 7.32. The zero-order chi connectivity index (χ0) is 22.5. The molecule has 0 aliphatic carbocycles. The van der Waals surface area contributed by atoms with Crippen molar-refractivity contribution in [2.24, 2.45) is 4.99 Å². The van der Waals surface area contributed by atoms with Gasteiger partial charge in [0.25, 0.3) is 5.91 Å². The summed E-state index contributed by atoms with van der Waals surface area (Å²) in [5, 5.41) is 3.56. The lowest BCUT2D eigenvalue weighted by Crippen LogP contribution is -2.29. The minimum Gasteiger partial charge on any atom is -0.302 e. The molecular weight excluding hydrogens is 457 g/mol. The summed E-state index contributed by atoms with van der Waals surface area (Å²) >= 11 is 7.72. The summed E-state index contributed by atoms with van der Waals surface area (Å²) in [4.78, 5) is 19.2. The Morgan fingerprint density at radius 2 is 1.81 bits per heavy atom. The standard InChI is InChI=1S/C24H14ClF3N2OS/c25-16-8-9-21-19(11-16)14(13-32-21)12-30-20-7-2-1-6-18(20)22(23(30)31)29-17-5-3-4-15(10-17)24(26,27)28/h1-11,13H,12H2/b29-22-. The maximum Gasteiger partial charge on any atom is 0.416 e. The molecule has 0 N–H and O–H groups in total. The van der Waals surface area contributed by atoms with Crippen molar-refractivity contribution in [1.29, 1.82) is 0 Å². The van der Waals surface area contributed by atoms with Crippen molar-refractivity contribution in [3.05, 3.63) is 93.8 Å². The topological polar surface area (TPSA) is 32.7 Å². The van der Waals surface area contributed by atoms with Crippen molar-refractivity contribution in [3.8, 4) is 0 Å². The van der Waals surface area contributed by atoms with Gasteiger partial charge in [-0.05, 0) is 58.8 Å². The van der Waals surface area contributed by atoms with Gasteiger partial charge in [0.05, 0.1) is 23.5 Å². The van der Waals surface area contributed by atoms with Crippen LogP contribution in [0.3, 0.4) is 0 Å². The van der Waals surface area contributed by atoms with Gasteiger partial charge >= 0.3 is 6.18 Å². The molecule has 0 saturated heterocycles. The van der Waals surface area contributed by atoms with E-state index >= 15 is 0 Å². The Morgan fingerprint density at radius 1 is 1.00 bits per heavy atom. The van der Waals surface area contributed by atoms with Crippen molar-refractivity contribution in [2.75, 3.05) is 4.90 Å². The van der Waals surface area contributed by atoms with E-state index in [1.807, 2.05) is 35.7 Å². The molecule has 5 rings (SSSR count). The number of benzene rings is 3. The number of halogens is 4. The molecule has 1 aliphatic heterocycles. The van der Waals surface area contributed by atoms with E-state index in [-0.39, 0.29) is 17.3 Å². The third-order valence-electron chi connectivity index (χ3n) is 5.26. The number of rotatable bonds is 3. The van der Waals surface area contributed by atoms with Crippen LogP contribution in [0.1, 0.15) is 16.7 Å². The lowest BCUT2D eigenvalue weighted by Gasteiger charge is -2.16. The normalized spacial score (nSPS) is 15.1.